The Morgan fingerprint density at radius 3 is 2.68 bits per heavy atom. The van der Waals surface area contributed by atoms with Gasteiger partial charge in [0.2, 0.25) is 0 Å². The molecule has 2 N–H and O–H groups in total. The highest BCUT2D eigenvalue weighted by Gasteiger charge is 2.41. The van der Waals surface area contributed by atoms with Crippen molar-refractivity contribution in [3.8, 4) is 0 Å². The normalized spacial score (nSPS) is 17.7. The van der Waals surface area contributed by atoms with E-state index >= 15 is 0 Å². The van der Waals surface area contributed by atoms with Crippen LogP contribution in [0.5, 0.6) is 0 Å². The minimum Gasteiger partial charge on any atom is -0.480 e. The van der Waals surface area contributed by atoms with Crippen molar-refractivity contribution in [1.82, 2.24) is 15.3 Å². The zero-order chi connectivity index (χ0) is 13.9. The summed E-state index contributed by atoms with van der Waals surface area (Å²) in [6, 6.07) is 0. The van der Waals surface area contributed by atoms with Crippen LogP contribution < -0.4 is 5.32 Å². The number of aryl methyl sites for hydroxylation is 1. The molecule has 0 unspecified atom stereocenters. The van der Waals surface area contributed by atoms with E-state index in [1.165, 1.54) is 12.5 Å². The highest BCUT2D eigenvalue weighted by molar-refractivity contribution is 7.99. The Balaban J connectivity index is 2.20. The first-order valence-corrected chi connectivity index (χ1v) is 7.11. The van der Waals surface area contributed by atoms with Gasteiger partial charge in [0.15, 0.2) is 0 Å². The van der Waals surface area contributed by atoms with Crippen LogP contribution in [0, 0.1) is 6.92 Å². The molecule has 2 heterocycles. The van der Waals surface area contributed by atoms with Crippen molar-refractivity contribution < 1.29 is 14.7 Å². The number of carboxylic acids is 1. The van der Waals surface area contributed by atoms with E-state index in [4.69, 9.17) is 0 Å². The predicted octanol–water partition coefficient (Wildman–Crippen LogP) is 0.865. The van der Waals surface area contributed by atoms with Crippen LogP contribution in [0.4, 0.5) is 0 Å². The van der Waals surface area contributed by atoms with Crippen LogP contribution in [0.2, 0.25) is 0 Å². The maximum absolute atomic E-state index is 12.2. The zero-order valence-electron chi connectivity index (χ0n) is 10.5. The molecule has 0 aliphatic carbocycles. The molecule has 0 bridgehead atoms. The second-order valence-corrected chi connectivity index (χ2v) is 5.70. The molecule has 0 saturated carbocycles. The molecular formula is C12H15N3O3S. The number of hydrogen-bond acceptors (Lipinski definition) is 5. The fourth-order valence-electron chi connectivity index (χ4n) is 2.01. The van der Waals surface area contributed by atoms with Crippen molar-refractivity contribution in [2.45, 2.75) is 25.3 Å². The summed E-state index contributed by atoms with van der Waals surface area (Å²) in [5.74, 6) is 0.0660. The maximum atomic E-state index is 12.2. The molecule has 102 valence electrons. The Bertz CT molecular complexity index is 501. The fraction of sp³-hybridized carbons (Fsp3) is 0.500. The fourth-order valence-corrected chi connectivity index (χ4v) is 3.20. The Labute approximate surface area is 115 Å². The lowest BCUT2D eigenvalue weighted by Gasteiger charge is -2.33. The number of carboxylic acid groups (broad SMARTS) is 1. The van der Waals surface area contributed by atoms with Gasteiger partial charge < -0.3 is 10.4 Å². The Morgan fingerprint density at radius 1 is 1.42 bits per heavy atom. The average Bonchev–Trinajstić information content (AvgIpc) is 2.40. The number of carbonyl (C=O) groups excluding carboxylic acids is 1. The number of amides is 1. The highest BCUT2D eigenvalue weighted by atomic mass is 32.2. The van der Waals surface area contributed by atoms with E-state index in [9.17, 15) is 14.7 Å². The lowest BCUT2D eigenvalue weighted by molar-refractivity contribution is -0.144. The minimum atomic E-state index is -1.16. The van der Waals surface area contributed by atoms with Crippen molar-refractivity contribution in [2.24, 2.45) is 0 Å². The van der Waals surface area contributed by atoms with E-state index in [2.05, 4.69) is 15.3 Å². The number of rotatable bonds is 3. The van der Waals surface area contributed by atoms with Crippen molar-refractivity contribution in [3.05, 3.63) is 23.8 Å². The second kappa shape index (κ2) is 5.56. The predicted molar refractivity (Wildman–Crippen MR) is 71.2 cm³/mol. The molecule has 1 aliphatic heterocycles. The van der Waals surface area contributed by atoms with Crippen LogP contribution in [0.25, 0.3) is 0 Å². The van der Waals surface area contributed by atoms with Crippen LogP contribution in [-0.4, -0.2) is 44.0 Å². The number of nitrogens with zero attached hydrogens (tertiary/aromatic N) is 2. The minimum absolute atomic E-state index is 0.321. The monoisotopic (exact) mass is 281 g/mol. The molecule has 1 saturated heterocycles. The Kier molecular flexibility index (Phi) is 4.04. The number of carbonyl (C=O) groups is 2. The summed E-state index contributed by atoms with van der Waals surface area (Å²) >= 11 is 1.70. The van der Waals surface area contributed by atoms with Crippen LogP contribution in [0.3, 0.4) is 0 Å². The van der Waals surface area contributed by atoms with Gasteiger partial charge in [-0.3, -0.25) is 4.79 Å². The van der Waals surface area contributed by atoms with E-state index in [1.54, 1.807) is 18.7 Å². The molecule has 2 rings (SSSR count). The third kappa shape index (κ3) is 2.86. The smallest absolute Gasteiger partial charge is 0.329 e. The quantitative estimate of drug-likeness (QED) is 0.854. The molecule has 0 radical (unpaired) electrons. The summed E-state index contributed by atoms with van der Waals surface area (Å²) < 4.78 is 0. The molecule has 0 aromatic carbocycles. The lowest BCUT2D eigenvalue weighted by Crippen LogP contribution is -2.56. The van der Waals surface area contributed by atoms with E-state index in [0.29, 0.717) is 24.1 Å². The van der Waals surface area contributed by atoms with Gasteiger partial charge in [0, 0.05) is 6.20 Å². The first kappa shape index (κ1) is 13.8. The third-order valence-corrected chi connectivity index (χ3v) is 4.25. The molecule has 1 fully saturated rings. The van der Waals surface area contributed by atoms with Crippen molar-refractivity contribution in [3.63, 3.8) is 0 Å². The van der Waals surface area contributed by atoms with Gasteiger partial charge in [0.25, 0.3) is 5.91 Å². The third-order valence-electron chi connectivity index (χ3n) is 3.26. The highest BCUT2D eigenvalue weighted by Crippen LogP contribution is 2.27. The average molecular weight is 281 g/mol. The van der Waals surface area contributed by atoms with Gasteiger partial charge in [-0.15, -0.1) is 0 Å². The number of hydrogen-bond donors (Lipinski definition) is 2. The topological polar surface area (TPSA) is 92.2 Å². The van der Waals surface area contributed by atoms with Gasteiger partial charge in [0.05, 0.1) is 11.3 Å². The molecular weight excluding hydrogens is 266 g/mol. The van der Waals surface area contributed by atoms with Crippen molar-refractivity contribution in [2.75, 3.05) is 11.5 Å². The first-order chi connectivity index (χ1) is 9.05. The molecule has 6 nitrogen and oxygen atoms in total. The SMILES string of the molecule is Cc1ncncc1C(=O)NC1(C(=O)O)CCSCC1. The van der Waals surface area contributed by atoms with Gasteiger partial charge in [-0.2, -0.15) is 11.8 Å². The van der Waals surface area contributed by atoms with Crippen molar-refractivity contribution in [1.29, 1.82) is 0 Å². The summed E-state index contributed by atoms with van der Waals surface area (Å²) in [6.45, 7) is 1.70. The summed E-state index contributed by atoms with van der Waals surface area (Å²) in [6.07, 6.45) is 3.64. The van der Waals surface area contributed by atoms with E-state index in [0.717, 1.165) is 11.5 Å². The number of aliphatic carboxylic acids is 1. The van der Waals surface area contributed by atoms with Gasteiger partial charge in [-0.25, -0.2) is 14.8 Å². The van der Waals surface area contributed by atoms with Gasteiger partial charge >= 0.3 is 5.97 Å². The van der Waals surface area contributed by atoms with Gasteiger partial charge in [0.1, 0.15) is 11.9 Å². The standard InChI is InChI=1S/C12H15N3O3S/c1-8-9(6-13-7-14-8)10(16)15-12(11(17)18)2-4-19-5-3-12/h6-7H,2-5H2,1H3,(H,15,16)(H,17,18). The Hall–Kier alpha value is -1.63. The summed E-state index contributed by atoms with van der Waals surface area (Å²) in [7, 11) is 0. The maximum Gasteiger partial charge on any atom is 0.329 e. The molecule has 1 aromatic rings. The molecule has 7 heteroatoms. The van der Waals surface area contributed by atoms with Gasteiger partial charge in [-0.1, -0.05) is 0 Å². The Morgan fingerprint density at radius 2 is 2.11 bits per heavy atom. The molecule has 1 aromatic heterocycles. The number of nitrogens with one attached hydrogen (secondary N) is 1. The van der Waals surface area contributed by atoms with Crippen LogP contribution in [0.1, 0.15) is 28.9 Å². The second-order valence-electron chi connectivity index (χ2n) is 4.48. The molecule has 0 atom stereocenters. The zero-order valence-corrected chi connectivity index (χ0v) is 11.4. The van der Waals surface area contributed by atoms with E-state index in [1.807, 2.05) is 0 Å². The van der Waals surface area contributed by atoms with Crippen molar-refractivity contribution >= 4 is 23.6 Å². The molecule has 19 heavy (non-hydrogen) atoms. The van der Waals surface area contributed by atoms with Crippen LogP contribution in [0.15, 0.2) is 12.5 Å². The summed E-state index contributed by atoms with van der Waals surface area (Å²) in [5, 5.41) is 12.1. The largest absolute Gasteiger partial charge is 0.480 e. The summed E-state index contributed by atoms with van der Waals surface area (Å²) in [5.41, 5.74) is -0.301. The number of thioether (sulfide) groups is 1. The first-order valence-electron chi connectivity index (χ1n) is 5.95. The molecule has 0 spiro atoms. The summed E-state index contributed by atoms with van der Waals surface area (Å²) in [4.78, 5) is 31.4. The van der Waals surface area contributed by atoms with Crippen LogP contribution >= 0.6 is 11.8 Å². The van der Waals surface area contributed by atoms with E-state index in [-0.39, 0.29) is 0 Å². The van der Waals surface area contributed by atoms with E-state index < -0.39 is 17.4 Å². The van der Waals surface area contributed by atoms with Crippen LogP contribution in [-0.2, 0) is 4.79 Å². The van der Waals surface area contributed by atoms with Gasteiger partial charge in [-0.05, 0) is 31.3 Å². The molecule has 1 aliphatic rings. The molecule has 1 amide bonds. The lowest BCUT2D eigenvalue weighted by atomic mass is 9.92. The number of aromatic nitrogens is 2.